The SMILES string of the molecule is [C-]#[N+]Cc1sc2c(c1C)C(c1ccc(Cl)cc1)=N[C@@H](CC(=O)CCCC)c1nnc(C)n1-2. The molecule has 1 aliphatic heterocycles. The minimum atomic E-state index is -0.422. The van der Waals surface area contributed by atoms with Crippen molar-refractivity contribution in [2.24, 2.45) is 4.99 Å². The molecule has 32 heavy (non-hydrogen) atoms. The van der Waals surface area contributed by atoms with Gasteiger partial charge in [0.2, 0.25) is 6.54 Å². The molecule has 3 heterocycles. The van der Waals surface area contributed by atoms with Crippen molar-refractivity contribution in [3.05, 3.63) is 73.9 Å². The second kappa shape index (κ2) is 9.35. The normalized spacial score (nSPS) is 14.8. The van der Waals surface area contributed by atoms with Crippen molar-refractivity contribution in [2.45, 2.75) is 59.0 Å². The molecule has 0 saturated heterocycles. The van der Waals surface area contributed by atoms with E-state index in [0.717, 1.165) is 50.9 Å². The first-order chi connectivity index (χ1) is 15.4. The number of aryl methyl sites for hydroxylation is 1. The number of unbranched alkanes of at least 4 members (excludes halogenated alkanes) is 1. The monoisotopic (exact) mass is 465 g/mol. The molecule has 1 aromatic carbocycles. The summed E-state index contributed by atoms with van der Waals surface area (Å²) >= 11 is 7.72. The fourth-order valence-electron chi connectivity index (χ4n) is 3.98. The van der Waals surface area contributed by atoms with Crippen LogP contribution in [-0.2, 0) is 11.3 Å². The molecule has 0 fully saturated rings. The molecule has 3 aromatic rings. The summed E-state index contributed by atoms with van der Waals surface area (Å²) in [6.45, 7) is 13.7. The number of fused-ring (bicyclic) bond motifs is 3. The van der Waals surface area contributed by atoms with Crippen molar-refractivity contribution in [1.29, 1.82) is 0 Å². The first-order valence-corrected chi connectivity index (χ1v) is 11.9. The van der Waals surface area contributed by atoms with E-state index in [0.29, 0.717) is 23.8 Å². The quantitative estimate of drug-likeness (QED) is 0.398. The van der Waals surface area contributed by atoms with E-state index < -0.39 is 6.04 Å². The highest BCUT2D eigenvalue weighted by atomic mass is 35.5. The largest absolute Gasteiger partial charge is 0.311 e. The molecule has 0 N–H and O–H groups in total. The highest BCUT2D eigenvalue weighted by Crippen LogP contribution is 2.40. The second-order valence-electron chi connectivity index (χ2n) is 7.93. The van der Waals surface area contributed by atoms with E-state index in [2.05, 4.69) is 22.0 Å². The maximum absolute atomic E-state index is 12.7. The Balaban J connectivity index is 1.93. The molecule has 1 atom stereocenters. The van der Waals surface area contributed by atoms with Crippen molar-refractivity contribution in [1.82, 2.24) is 14.8 Å². The number of benzene rings is 1. The van der Waals surface area contributed by atoms with Crippen molar-refractivity contribution in [3.8, 4) is 5.00 Å². The van der Waals surface area contributed by atoms with Gasteiger partial charge in [0.05, 0.1) is 10.6 Å². The minimum Gasteiger partial charge on any atom is -0.311 e. The summed E-state index contributed by atoms with van der Waals surface area (Å²) in [4.78, 5) is 22.5. The number of nitrogens with zero attached hydrogens (tertiary/aromatic N) is 5. The smallest absolute Gasteiger partial charge is 0.249 e. The summed E-state index contributed by atoms with van der Waals surface area (Å²) in [5.41, 5.74) is 3.74. The second-order valence-corrected chi connectivity index (χ2v) is 9.45. The molecule has 4 rings (SSSR count). The van der Waals surface area contributed by atoms with E-state index in [1.54, 1.807) is 11.3 Å². The van der Waals surface area contributed by atoms with Gasteiger partial charge in [0.15, 0.2) is 5.82 Å². The molecule has 2 aromatic heterocycles. The molecule has 0 amide bonds. The van der Waals surface area contributed by atoms with Gasteiger partial charge in [0.1, 0.15) is 22.7 Å². The van der Waals surface area contributed by atoms with Gasteiger partial charge in [-0.1, -0.05) is 37.1 Å². The number of thiophene rings is 1. The number of hydrogen-bond acceptors (Lipinski definition) is 5. The number of ketones is 1. The summed E-state index contributed by atoms with van der Waals surface area (Å²) in [7, 11) is 0. The van der Waals surface area contributed by atoms with Gasteiger partial charge in [-0.05, 0) is 38.0 Å². The van der Waals surface area contributed by atoms with Crippen LogP contribution in [0.3, 0.4) is 0 Å². The topological polar surface area (TPSA) is 64.5 Å². The van der Waals surface area contributed by atoms with E-state index in [9.17, 15) is 4.79 Å². The van der Waals surface area contributed by atoms with Crippen LogP contribution in [0.2, 0.25) is 5.02 Å². The third kappa shape index (κ3) is 4.13. The highest BCUT2D eigenvalue weighted by molar-refractivity contribution is 7.15. The first-order valence-electron chi connectivity index (χ1n) is 10.7. The number of hydrogen-bond donors (Lipinski definition) is 0. The third-order valence-electron chi connectivity index (χ3n) is 5.67. The number of halogens is 1. The fraction of sp³-hybridized carbons (Fsp3) is 0.375. The number of aromatic nitrogens is 3. The Bertz CT molecular complexity index is 1230. The third-order valence-corrected chi connectivity index (χ3v) is 7.18. The average molecular weight is 466 g/mol. The molecule has 164 valence electrons. The van der Waals surface area contributed by atoms with Crippen molar-refractivity contribution in [3.63, 3.8) is 0 Å². The molecule has 0 radical (unpaired) electrons. The zero-order chi connectivity index (χ0) is 22.8. The number of carbonyl (C=O) groups is 1. The van der Waals surface area contributed by atoms with Crippen molar-refractivity contribution < 1.29 is 4.79 Å². The summed E-state index contributed by atoms with van der Waals surface area (Å²) in [6.07, 6.45) is 2.68. The van der Waals surface area contributed by atoms with E-state index >= 15 is 0 Å². The molecule has 0 bridgehead atoms. The lowest BCUT2D eigenvalue weighted by molar-refractivity contribution is -0.119. The maximum atomic E-state index is 12.7. The van der Waals surface area contributed by atoms with Gasteiger partial charge >= 0.3 is 0 Å². The van der Waals surface area contributed by atoms with Crippen LogP contribution in [0.4, 0.5) is 0 Å². The van der Waals surface area contributed by atoms with Gasteiger partial charge in [-0.2, -0.15) is 0 Å². The Labute approximate surface area is 196 Å². The predicted octanol–water partition coefficient (Wildman–Crippen LogP) is 6.06. The maximum Gasteiger partial charge on any atom is 0.249 e. The van der Waals surface area contributed by atoms with Crippen LogP contribution >= 0.6 is 22.9 Å². The molecular weight excluding hydrogens is 442 g/mol. The van der Waals surface area contributed by atoms with E-state index in [1.807, 2.05) is 42.7 Å². The van der Waals surface area contributed by atoms with Gasteiger partial charge in [-0.25, -0.2) is 6.57 Å². The van der Waals surface area contributed by atoms with E-state index in [1.165, 1.54) is 0 Å². The van der Waals surface area contributed by atoms with Gasteiger partial charge in [0, 0.05) is 29.0 Å². The molecule has 0 saturated carbocycles. The first kappa shape index (κ1) is 22.4. The van der Waals surface area contributed by atoms with Gasteiger partial charge < -0.3 is 4.85 Å². The van der Waals surface area contributed by atoms with Gasteiger partial charge in [-0.15, -0.1) is 21.5 Å². The number of carbonyl (C=O) groups excluding carboxylic acids is 1. The molecular formula is C24H24ClN5OS. The summed E-state index contributed by atoms with van der Waals surface area (Å²) in [5.74, 6) is 1.60. The van der Waals surface area contributed by atoms with E-state index in [4.69, 9.17) is 23.2 Å². The van der Waals surface area contributed by atoms with Gasteiger partial charge in [0.25, 0.3) is 0 Å². The Hall–Kier alpha value is -2.82. The highest BCUT2D eigenvalue weighted by Gasteiger charge is 2.33. The number of aliphatic imine (C=N–C) groups is 1. The summed E-state index contributed by atoms with van der Waals surface area (Å²) in [5, 5.41) is 10.4. The lowest BCUT2D eigenvalue weighted by Gasteiger charge is -2.12. The number of rotatable bonds is 7. The van der Waals surface area contributed by atoms with Crippen LogP contribution in [0.1, 0.15) is 71.9 Å². The molecule has 1 aliphatic rings. The van der Waals surface area contributed by atoms with Gasteiger partial charge in [-0.3, -0.25) is 14.4 Å². The Kier molecular flexibility index (Phi) is 6.54. The molecule has 8 heteroatoms. The summed E-state index contributed by atoms with van der Waals surface area (Å²) < 4.78 is 2.02. The predicted molar refractivity (Wildman–Crippen MR) is 128 cm³/mol. The summed E-state index contributed by atoms with van der Waals surface area (Å²) in [6, 6.07) is 7.17. The van der Waals surface area contributed by atoms with Crippen LogP contribution < -0.4 is 0 Å². The molecule has 0 spiro atoms. The Morgan fingerprint density at radius 1 is 1.25 bits per heavy atom. The lowest BCUT2D eigenvalue weighted by atomic mass is 9.99. The minimum absolute atomic E-state index is 0.180. The van der Waals surface area contributed by atoms with Crippen LogP contribution in [0, 0.1) is 20.4 Å². The van der Waals surface area contributed by atoms with E-state index in [-0.39, 0.29) is 12.2 Å². The van der Waals surface area contributed by atoms with Crippen molar-refractivity contribution in [2.75, 3.05) is 0 Å². The van der Waals surface area contributed by atoms with Crippen molar-refractivity contribution >= 4 is 34.4 Å². The van der Waals surface area contributed by atoms with Crippen LogP contribution in [0.15, 0.2) is 29.3 Å². The molecule has 0 aliphatic carbocycles. The van der Waals surface area contributed by atoms with Crippen LogP contribution in [-0.4, -0.2) is 26.3 Å². The zero-order valence-electron chi connectivity index (χ0n) is 18.4. The standard InChI is InChI=1S/C24H24ClN5OS/c1-5-6-7-18(31)12-19-23-29-28-15(3)30(23)24-21(14(2)20(32-24)13-26-4)22(27-19)16-8-10-17(25)11-9-16/h8-11,19H,5-7,12-13H2,1-3H3/t19-/m0/s1. The Morgan fingerprint density at radius 3 is 2.69 bits per heavy atom. The fourth-order valence-corrected chi connectivity index (χ4v) is 5.39. The van der Waals surface area contributed by atoms with Crippen LogP contribution in [0.5, 0.6) is 0 Å². The Morgan fingerprint density at radius 2 is 2.00 bits per heavy atom. The van der Waals surface area contributed by atoms with Crippen LogP contribution in [0.25, 0.3) is 9.85 Å². The molecule has 0 unspecified atom stereocenters. The lowest BCUT2D eigenvalue weighted by Crippen LogP contribution is -2.11. The average Bonchev–Trinajstić information content (AvgIpc) is 3.26. The number of Topliss-reactive ketones (excluding diaryl/α,β-unsaturated/α-hetero) is 1. The zero-order valence-corrected chi connectivity index (χ0v) is 19.9. The molecule has 6 nitrogen and oxygen atoms in total.